The predicted molar refractivity (Wildman–Crippen MR) is 99.7 cm³/mol. The molecule has 1 N–H and O–H groups in total. The number of carbonyl (C=O) groups excluding carboxylic acids is 2. The molecular formula is C19H20ClN3O3. The van der Waals surface area contributed by atoms with E-state index in [-0.39, 0.29) is 11.8 Å². The Balaban J connectivity index is 1.80. The van der Waals surface area contributed by atoms with Crippen LogP contribution in [0.4, 0.5) is 5.82 Å². The summed E-state index contributed by atoms with van der Waals surface area (Å²) in [5.41, 5.74) is 1.35. The molecule has 1 fully saturated rings. The third-order valence-corrected chi connectivity index (χ3v) is 4.61. The minimum Gasteiger partial charge on any atom is -0.496 e. The largest absolute Gasteiger partial charge is 0.496 e. The molecule has 0 spiro atoms. The Morgan fingerprint density at radius 2 is 2.12 bits per heavy atom. The second-order valence-electron chi connectivity index (χ2n) is 6.21. The van der Waals surface area contributed by atoms with Crippen LogP contribution in [-0.2, 0) is 4.79 Å². The maximum absolute atomic E-state index is 13.0. The van der Waals surface area contributed by atoms with Crippen molar-refractivity contribution < 1.29 is 14.3 Å². The Morgan fingerprint density at radius 3 is 2.85 bits per heavy atom. The van der Waals surface area contributed by atoms with E-state index in [4.69, 9.17) is 16.3 Å². The first-order valence-electron chi connectivity index (χ1n) is 8.37. The van der Waals surface area contributed by atoms with Gasteiger partial charge in [0.15, 0.2) is 0 Å². The number of aryl methyl sites for hydroxylation is 1. The number of methoxy groups -OCH3 is 1. The molecule has 0 bridgehead atoms. The second-order valence-corrected chi connectivity index (χ2v) is 6.65. The van der Waals surface area contributed by atoms with E-state index in [9.17, 15) is 9.59 Å². The van der Waals surface area contributed by atoms with E-state index < -0.39 is 6.04 Å². The van der Waals surface area contributed by atoms with Crippen LogP contribution in [0.5, 0.6) is 5.75 Å². The minimum atomic E-state index is -0.548. The van der Waals surface area contributed by atoms with Gasteiger partial charge in [0, 0.05) is 17.8 Å². The fourth-order valence-electron chi connectivity index (χ4n) is 3.10. The summed E-state index contributed by atoms with van der Waals surface area (Å²) >= 11 is 6.03. The summed E-state index contributed by atoms with van der Waals surface area (Å²) in [4.78, 5) is 31.4. The number of benzene rings is 1. The molecule has 0 unspecified atom stereocenters. The summed E-state index contributed by atoms with van der Waals surface area (Å²) in [6.45, 7) is 2.43. The lowest BCUT2D eigenvalue weighted by atomic mass is 10.1. The summed E-state index contributed by atoms with van der Waals surface area (Å²) in [5.74, 6) is 0.412. The number of pyridine rings is 1. The van der Waals surface area contributed by atoms with E-state index in [0.29, 0.717) is 35.1 Å². The number of halogens is 1. The number of carbonyl (C=O) groups is 2. The van der Waals surface area contributed by atoms with Crippen molar-refractivity contribution in [3.05, 3.63) is 52.7 Å². The molecule has 0 aliphatic carbocycles. The Labute approximate surface area is 157 Å². The standard InChI is InChI=1S/C19H20ClN3O3/c1-12-7-8-21-17(10-12)22-18(24)15-4-3-9-23(15)19(25)14-11-13(20)5-6-16(14)26-2/h5-8,10-11,15H,3-4,9H2,1-2H3,(H,21,22,24)/t15-/m1/s1. The SMILES string of the molecule is COc1ccc(Cl)cc1C(=O)N1CCC[C@@H]1C(=O)Nc1cc(C)ccn1. The highest BCUT2D eigenvalue weighted by Crippen LogP contribution is 2.28. The molecule has 1 saturated heterocycles. The summed E-state index contributed by atoms with van der Waals surface area (Å²) < 4.78 is 5.27. The topological polar surface area (TPSA) is 71.5 Å². The van der Waals surface area contributed by atoms with Crippen LogP contribution in [-0.4, -0.2) is 41.4 Å². The summed E-state index contributed by atoms with van der Waals surface area (Å²) in [7, 11) is 1.50. The van der Waals surface area contributed by atoms with E-state index in [0.717, 1.165) is 12.0 Å². The van der Waals surface area contributed by atoms with Crippen LogP contribution in [0.25, 0.3) is 0 Å². The van der Waals surface area contributed by atoms with Crippen LogP contribution in [0.1, 0.15) is 28.8 Å². The van der Waals surface area contributed by atoms with E-state index in [2.05, 4.69) is 10.3 Å². The van der Waals surface area contributed by atoms with Crippen molar-refractivity contribution in [1.82, 2.24) is 9.88 Å². The molecule has 136 valence electrons. The van der Waals surface area contributed by atoms with Crippen LogP contribution in [0.3, 0.4) is 0 Å². The molecule has 0 saturated carbocycles. The molecule has 7 heteroatoms. The third-order valence-electron chi connectivity index (χ3n) is 4.37. The lowest BCUT2D eigenvalue weighted by molar-refractivity contribution is -0.119. The van der Waals surface area contributed by atoms with Gasteiger partial charge in [0.05, 0.1) is 12.7 Å². The van der Waals surface area contributed by atoms with Crippen LogP contribution >= 0.6 is 11.6 Å². The van der Waals surface area contributed by atoms with E-state index >= 15 is 0 Å². The quantitative estimate of drug-likeness (QED) is 0.892. The predicted octanol–water partition coefficient (Wildman–Crippen LogP) is 3.30. The highest BCUT2D eigenvalue weighted by molar-refractivity contribution is 6.31. The van der Waals surface area contributed by atoms with Gasteiger partial charge in [-0.2, -0.15) is 0 Å². The van der Waals surface area contributed by atoms with Gasteiger partial charge in [-0.15, -0.1) is 0 Å². The van der Waals surface area contributed by atoms with Crippen molar-refractivity contribution in [2.24, 2.45) is 0 Å². The zero-order valence-electron chi connectivity index (χ0n) is 14.7. The van der Waals surface area contributed by atoms with Gasteiger partial charge in [0.2, 0.25) is 5.91 Å². The number of ether oxygens (including phenoxy) is 1. The molecule has 1 aromatic heterocycles. The van der Waals surface area contributed by atoms with E-state index in [1.54, 1.807) is 35.4 Å². The number of rotatable bonds is 4. The molecule has 0 radical (unpaired) electrons. The molecule has 2 aromatic rings. The smallest absolute Gasteiger partial charge is 0.258 e. The van der Waals surface area contributed by atoms with Crippen LogP contribution < -0.4 is 10.1 Å². The van der Waals surface area contributed by atoms with Gasteiger partial charge in [0.1, 0.15) is 17.6 Å². The second kappa shape index (κ2) is 7.74. The zero-order valence-corrected chi connectivity index (χ0v) is 15.4. The molecule has 1 aliphatic heterocycles. The number of aromatic nitrogens is 1. The summed E-state index contributed by atoms with van der Waals surface area (Å²) in [6.07, 6.45) is 3.00. The highest BCUT2D eigenvalue weighted by atomic mass is 35.5. The molecule has 1 aliphatic rings. The number of nitrogens with one attached hydrogen (secondary N) is 1. The summed E-state index contributed by atoms with van der Waals surface area (Å²) in [5, 5.41) is 3.24. The lowest BCUT2D eigenvalue weighted by Gasteiger charge is -2.24. The average molecular weight is 374 g/mol. The van der Waals surface area contributed by atoms with Gasteiger partial charge in [-0.3, -0.25) is 9.59 Å². The molecule has 2 amide bonds. The number of hydrogen-bond acceptors (Lipinski definition) is 4. The molecule has 3 rings (SSSR count). The van der Waals surface area contributed by atoms with Crippen LogP contribution in [0, 0.1) is 6.92 Å². The summed E-state index contributed by atoms with van der Waals surface area (Å²) in [6, 6.07) is 7.98. The Morgan fingerprint density at radius 1 is 1.31 bits per heavy atom. The van der Waals surface area contributed by atoms with Gasteiger partial charge in [-0.1, -0.05) is 11.6 Å². The fraction of sp³-hybridized carbons (Fsp3) is 0.316. The number of amides is 2. The van der Waals surface area contributed by atoms with Gasteiger partial charge < -0.3 is 15.0 Å². The molecule has 1 aromatic carbocycles. The number of hydrogen-bond donors (Lipinski definition) is 1. The van der Waals surface area contributed by atoms with Crippen LogP contribution in [0.2, 0.25) is 5.02 Å². The van der Waals surface area contributed by atoms with Crippen molar-refractivity contribution in [2.75, 3.05) is 19.0 Å². The highest BCUT2D eigenvalue weighted by Gasteiger charge is 2.35. The maximum Gasteiger partial charge on any atom is 0.258 e. The van der Waals surface area contributed by atoms with Crippen molar-refractivity contribution in [1.29, 1.82) is 0 Å². The molecule has 1 atom stereocenters. The fourth-order valence-corrected chi connectivity index (χ4v) is 3.27. The van der Waals surface area contributed by atoms with Crippen molar-refractivity contribution in [3.8, 4) is 5.75 Å². The van der Waals surface area contributed by atoms with Gasteiger partial charge in [-0.05, 0) is 55.7 Å². The normalized spacial score (nSPS) is 16.4. The molecule has 6 nitrogen and oxygen atoms in total. The number of nitrogens with zero attached hydrogens (tertiary/aromatic N) is 2. The van der Waals surface area contributed by atoms with Gasteiger partial charge >= 0.3 is 0 Å². The first-order chi connectivity index (χ1) is 12.5. The van der Waals surface area contributed by atoms with Crippen molar-refractivity contribution >= 4 is 29.2 Å². The number of likely N-dealkylation sites (tertiary alicyclic amines) is 1. The first-order valence-corrected chi connectivity index (χ1v) is 8.75. The lowest BCUT2D eigenvalue weighted by Crippen LogP contribution is -2.43. The minimum absolute atomic E-state index is 0.241. The van der Waals surface area contributed by atoms with Crippen molar-refractivity contribution in [2.45, 2.75) is 25.8 Å². The van der Waals surface area contributed by atoms with Crippen LogP contribution in [0.15, 0.2) is 36.5 Å². The van der Waals surface area contributed by atoms with E-state index in [1.165, 1.54) is 7.11 Å². The number of anilines is 1. The monoisotopic (exact) mass is 373 g/mol. The molecule has 2 heterocycles. The average Bonchev–Trinajstić information content (AvgIpc) is 3.11. The van der Waals surface area contributed by atoms with Gasteiger partial charge in [0.25, 0.3) is 5.91 Å². The first kappa shape index (κ1) is 18.2. The van der Waals surface area contributed by atoms with Gasteiger partial charge in [-0.25, -0.2) is 4.98 Å². The Hall–Kier alpha value is -2.60. The van der Waals surface area contributed by atoms with Crippen molar-refractivity contribution in [3.63, 3.8) is 0 Å². The Kier molecular flexibility index (Phi) is 5.42. The van der Waals surface area contributed by atoms with E-state index in [1.807, 2.05) is 13.0 Å². The third kappa shape index (κ3) is 3.80. The zero-order chi connectivity index (χ0) is 18.7. The molecular weight excluding hydrogens is 354 g/mol. The molecule has 26 heavy (non-hydrogen) atoms. The Bertz CT molecular complexity index is 841. The maximum atomic E-state index is 13.0.